The Hall–Kier alpha value is -1.84. The molecule has 0 spiro atoms. The van der Waals surface area contributed by atoms with Crippen molar-refractivity contribution < 1.29 is 9.59 Å². The van der Waals surface area contributed by atoms with Gasteiger partial charge in [0.25, 0.3) is 0 Å². The third-order valence-electron chi connectivity index (χ3n) is 2.69. The minimum absolute atomic E-state index is 0.112. The van der Waals surface area contributed by atoms with Crippen LogP contribution in [0.4, 0.5) is 5.69 Å². The second-order valence-corrected chi connectivity index (χ2v) is 4.57. The first-order valence-corrected chi connectivity index (χ1v) is 8.02. The maximum Gasteiger partial charge on any atom is 0.248 e. The normalized spacial score (nSPS) is 8.95. The van der Waals surface area contributed by atoms with Gasteiger partial charge in [0.1, 0.15) is 0 Å². The highest BCUT2D eigenvalue weighted by Crippen LogP contribution is 2.11. The molecule has 0 fully saturated rings. The second kappa shape index (κ2) is 12.9. The molecule has 4 nitrogen and oxygen atoms in total. The second-order valence-electron chi connectivity index (χ2n) is 4.57. The van der Waals surface area contributed by atoms with Crippen LogP contribution in [-0.2, 0) is 9.59 Å². The number of imide groups is 1. The fourth-order valence-corrected chi connectivity index (χ4v) is 1.88. The maximum atomic E-state index is 12.1. The highest BCUT2D eigenvalue weighted by Gasteiger charge is 2.22. The van der Waals surface area contributed by atoms with E-state index in [0.29, 0.717) is 0 Å². The molecule has 0 heterocycles. The van der Waals surface area contributed by atoms with Crippen LogP contribution in [0.3, 0.4) is 0 Å². The number of benzene rings is 1. The zero-order chi connectivity index (χ0) is 17.7. The Morgan fingerprint density at radius 1 is 1.00 bits per heavy atom. The third kappa shape index (κ3) is 7.81. The number of carbonyl (C=O) groups is 2. The van der Waals surface area contributed by atoms with Gasteiger partial charge in [0.05, 0.1) is 6.54 Å². The van der Waals surface area contributed by atoms with E-state index < -0.39 is 0 Å². The molecule has 0 bridgehead atoms. The number of para-hydroxylation sites is 1. The summed E-state index contributed by atoms with van der Waals surface area (Å²) in [6, 6.07) is 9.51. The minimum Gasteiger partial charge on any atom is -0.365 e. The molecule has 0 saturated carbocycles. The molecule has 0 atom stereocenters. The Morgan fingerprint density at radius 3 is 1.82 bits per heavy atom. The van der Waals surface area contributed by atoms with E-state index in [0.717, 1.165) is 5.69 Å². The van der Waals surface area contributed by atoms with Gasteiger partial charge in [-0.2, -0.15) is 0 Å². The summed E-state index contributed by atoms with van der Waals surface area (Å²) in [6.45, 7) is 13.3. The molecule has 0 N–H and O–H groups in total. The van der Waals surface area contributed by atoms with Gasteiger partial charge in [0.15, 0.2) is 0 Å². The van der Waals surface area contributed by atoms with Gasteiger partial charge in [-0.1, -0.05) is 45.9 Å². The molecule has 1 rings (SSSR count). The molecule has 2 amide bonds. The first-order valence-electron chi connectivity index (χ1n) is 8.02. The van der Waals surface area contributed by atoms with E-state index in [1.165, 1.54) is 11.8 Å². The highest BCUT2D eigenvalue weighted by atomic mass is 16.2. The van der Waals surface area contributed by atoms with E-state index in [1.807, 2.05) is 83.8 Å². The number of hydrogen-bond donors (Lipinski definition) is 0. The van der Waals surface area contributed by atoms with Crippen molar-refractivity contribution in [2.75, 3.05) is 18.5 Å². The van der Waals surface area contributed by atoms with E-state index >= 15 is 0 Å². The Bertz CT molecular complexity index is 416. The molecule has 4 heteroatoms. The topological polar surface area (TPSA) is 40.6 Å². The van der Waals surface area contributed by atoms with Crippen molar-refractivity contribution in [2.45, 2.75) is 54.5 Å². The number of carbonyl (C=O) groups excluding carboxylic acids is 2. The predicted molar refractivity (Wildman–Crippen MR) is 95.1 cm³/mol. The fraction of sp³-hybridized carbons (Fsp3) is 0.556. The van der Waals surface area contributed by atoms with Crippen molar-refractivity contribution >= 4 is 17.5 Å². The van der Waals surface area contributed by atoms with Gasteiger partial charge >= 0.3 is 0 Å². The largest absolute Gasteiger partial charge is 0.365 e. The maximum absolute atomic E-state index is 12.1. The molecular formula is C18H32N2O2. The average Bonchev–Trinajstić information content (AvgIpc) is 2.51. The summed E-state index contributed by atoms with van der Waals surface area (Å²) < 4.78 is 0. The van der Waals surface area contributed by atoms with Crippen LogP contribution in [-0.4, -0.2) is 36.3 Å². The summed E-state index contributed by atoms with van der Waals surface area (Å²) in [5.74, 6) is -0.389. The molecule has 0 unspecified atom stereocenters. The molecule has 0 aliphatic heterocycles. The van der Waals surface area contributed by atoms with Gasteiger partial charge in [-0.3, -0.25) is 14.5 Å². The molecule has 1 aromatic carbocycles. The number of likely N-dealkylation sites (N-methyl/N-ethyl adjacent to an activating group) is 1. The van der Waals surface area contributed by atoms with Crippen molar-refractivity contribution in [3.63, 3.8) is 0 Å². The number of hydrogen-bond acceptors (Lipinski definition) is 3. The van der Waals surface area contributed by atoms with Gasteiger partial charge in [0.2, 0.25) is 11.8 Å². The first kappa shape index (κ1) is 22.4. The minimum atomic E-state index is -0.212. The van der Waals surface area contributed by atoms with Crippen LogP contribution in [0, 0.1) is 0 Å². The van der Waals surface area contributed by atoms with Crippen LogP contribution in [0.15, 0.2) is 30.3 Å². The Morgan fingerprint density at radius 2 is 1.45 bits per heavy atom. The van der Waals surface area contributed by atoms with Gasteiger partial charge in [-0.15, -0.1) is 0 Å². The van der Waals surface area contributed by atoms with Crippen LogP contribution < -0.4 is 4.90 Å². The standard InChI is InChI=1S/C14H20N2O2.2C2H6/c1-11(2)16(12(3)17)14(18)10-15(4)13-8-6-5-7-9-13;2*1-2/h5-9,11H,10H2,1-4H3;2*1-2H3. The van der Waals surface area contributed by atoms with Crippen LogP contribution >= 0.6 is 0 Å². The monoisotopic (exact) mass is 308 g/mol. The molecule has 22 heavy (non-hydrogen) atoms. The lowest BCUT2D eigenvalue weighted by Crippen LogP contribution is -2.45. The van der Waals surface area contributed by atoms with E-state index in [-0.39, 0.29) is 24.4 Å². The number of amides is 2. The van der Waals surface area contributed by atoms with Gasteiger partial charge in [-0.25, -0.2) is 0 Å². The third-order valence-corrected chi connectivity index (χ3v) is 2.69. The lowest BCUT2D eigenvalue weighted by Gasteiger charge is -2.26. The summed E-state index contributed by atoms with van der Waals surface area (Å²) in [5, 5.41) is 0. The van der Waals surface area contributed by atoms with Crippen molar-refractivity contribution in [3.8, 4) is 0 Å². The van der Waals surface area contributed by atoms with Crippen LogP contribution in [0.25, 0.3) is 0 Å². The fourth-order valence-electron chi connectivity index (χ4n) is 1.88. The number of anilines is 1. The lowest BCUT2D eigenvalue weighted by atomic mass is 10.2. The van der Waals surface area contributed by atoms with Gasteiger partial charge in [-0.05, 0) is 26.0 Å². The Balaban J connectivity index is 0. The average molecular weight is 308 g/mol. The summed E-state index contributed by atoms with van der Waals surface area (Å²) >= 11 is 0. The molecule has 0 radical (unpaired) electrons. The number of rotatable bonds is 4. The molecule has 0 aliphatic rings. The summed E-state index contributed by atoms with van der Waals surface area (Å²) in [7, 11) is 1.84. The van der Waals surface area contributed by atoms with Crippen molar-refractivity contribution in [1.29, 1.82) is 0 Å². The molecular weight excluding hydrogens is 276 g/mol. The molecule has 0 saturated heterocycles. The smallest absolute Gasteiger partial charge is 0.248 e. The Labute approximate surface area is 136 Å². The zero-order valence-electron chi connectivity index (χ0n) is 15.4. The van der Waals surface area contributed by atoms with Crippen LogP contribution in [0.5, 0.6) is 0 Å². The SMILES string of the molecule is CC.CC.CC(=O)N(C(=O)CN(C)c1ccccc1)C(C)C. The van der Waals surface area contributed by atoms with Crippen molar-refractivity contribution in [2.24, 2.45) is 0 Å². The predicted octanol–water partition coefficient (Wildman–Crippen LogP) is 3.96. The van der Waals surface area contributed by atoms with Crippen molar-refractivity contribution in [3.05, 3.63) is 30.3 Å². The molecule has 1 aromatic rings. The van der Waals surface area contributed by atoms with Crippen LogP contribution in [0.1, 0.15) is 48.5 Å². The van der Waals surface area contributed by atoms with E-state index in [1.54, 1.807) is 0 Å². The molecule has 126 valence electrons. The lowest BCUT2D eigenvalue weighted by molar-refractivity contribution is -0.144. The first-order chi connectivity index (χ1) is 10.4. The Kier molecular flexibility index (Phi) is 13.1. The molecule has 0 aromatic heterocycles. The van der Waals surface area contributed by atoms with Crippen LogP contribution in [0.2, 0.25) is 0 Å². The highest BCUT2D eigenvalue weighted by molar-refractivity contribution is 5.96. The van der Waals surface area contributed by atoms with Gasteiger partial charge < -0.3 is 4.90 Å². The quantitative estimate of drug-likeness (QED) is 0.845. The van der Waals surface area contributed by atoms with Crippen molar-refractivity contribution in [1.82, 2.24) is 4.90 Å². The van der Waals surface area contributed by atoms with E-state index in [2.05, 4.69) is 0 Å². The van der Waals surface area contributed by atoms with E-state index in [4.69, 9.17) is 0 Å². The van der Waals surface area contributed by atoms with Gasteiger partial charge in [0, 0.05) is 25.7 Å². The summed E-state index contributed by atoms with van der Waals surface area (Å²) in [4.78, 5) is 26.6. The summed E-state index contributed by atoms with van der Waals surface area (Å²) in [6.07, 6.45) is 0. The zero-order valence-corrected chi connectivity index (χ0v) is 15.4. The van der Waals surface area contributed by atoms with E-state index in [9.17, 15) is 9.59 Å². The number of nitrogens with zero attached hydrogens (tertiary/aromatic N) is 2. The summed E-state index contributed by atoms with van der Waals surface area (Å²) in [5.41, 5.74) is 0.957. The molecule has 0 aliphatic carbocycles.